The molecule has 6 heteroatoms. The van der Waals surface area contributed by atoms with Crippen molar-refractivity contribution in [2.24, 2.45) is 0 Å². The summed E-state index contributed by atoms with van der Waals surface area (Å²) >= 11 is 7.28. The summed E-state index contributed by atoms with van der Waals surface area (Å²) in [5.74, 6) is -0.258. The van der Waals surface area contributed by atoms with E-state index < -0.39 is 0 Å². The van der Waals surface area contributed by atoms with Crippen LogP contribution in [-0.4, -0.2) is 22.8 Å². The van der Waals surface area contributed by atoms with Crippen LogP contribution in [0.4, 0.5) is 0 Å². The maximum absolute atomic E-state index is 11.9. The first-order valence-electron chi connectivity index (χ1n) is 6.92. The summed E-state index contributed by atoms with van der Waals surface area (Å²) in [4.78, 5) is 16.4. The number of carbonyl (C=O) groups is 1. The van der Waals surface area contributed by atoms with Crippen LogP contribution in [0.2, 0.25) is 5.02 Å². The Kier molecular flexibility index (Phi) is 5.64. The highest BCUT2D eigenvalue weighted by atomic mass is 35.5. The lowest BCUT2D eigenvalue weighted by Crippen LogP contribution is -2.19. The number of benzene rings is 1. The quantitative estimate of drug-likeness (QED) is 0.606. The Bertz CT molecular complexity index is 743. The summed E-state index contributed by atoms with van der Waals surface area (Å²) in [6.45, 7) is 4.05. The van der Waals surface area contributed by atoms with Gasteiger partial charge >= 0.3 is 5.97 Å². The Morgan fingerprint density at radius 1 is 1.45 bits per heavy atom. The fourth-order valence-corrected chi connectivity index (χ4v) is 3.14. The number of ether oxygens (including phenoxy) is 1. The second kappa shape index (κ2) is 7.48. The number of rotatable bonds is 5. The molecule has 0 spiro atoms. The number of nitrogens with zero attached hydrogens (tertiary/aromatic N) is 2. The molecule has 1 heterocycles. The fraction of sp³-hybridized carbons (Fsp3) is 0.312. The molecule has 114 valence electrons. The second-order valence-electron chi connectivity index (χ2n) is 4.55. The number of halogens is 1. The van der Waals surface area contributed by atoms with Gasteiger partial charge in [-0.25, -0.2) is 4.98 Å². The lowest BCUT2D eigenvalue weighted by atomic mass is 10.1. The maximum atomic E-state index is 11.9. The van der Waals surface area contributed by atoms with E-state index in [0.717, 1.165) is 0 Å². The third kappa shape index (κ3) is 3.70. The van der Waals surface area contributed by atoms with Crippen molar-refractivity contribution in [3.05, 3.63) is 34.9 Å². The van der Waals surface area contributed by atoms with Gasteiger partial charge in [0.2, 0.25) is 0 Å². The molecule has 0 N–H and O–H groups in total. The highest BCUT2D eigenvalue weighted by Crippen LogP contribution is 2.29. The summed E-state index contributed by atoms with van der Waals surface area (Å²) in [6.07, 6.45) is 0.631. The van der Waals surface area contributed by atoms with Crippen LogP contribution < -0.4 is 0 Å². The van der Waals surface area contributed by atoms with Crippen LogP contribution in [0.3, 0.4) is 0 Å². The van der Waals surface area contributed by atoms with Crippen molar-refractivity contribution in [3.63, 3.8) is 0 Å². The molecule has 0 aliphatic heterocycles. The molecular formula is C16H15ClN2O2S. The molecule has 0 radical (unpaired) electrons. The standard InChI is InChI=1S/C16H15ClN2O2S/c1-3-14(16(20)21-4-2)22-15-7-10(9-18)12-8-11(17)5-6-13(12)19-15/h5-8,14H,3-4H2,1-2H3. The molecule has 0 amide bonds. The number of thioether (sulfide) groups is 1. The molecule has 0 saturated carbocycles. The van der Waals surface area contributed by atoms with E-state index in [0.29, 0.717) is 39.5 Å². The lowest BCUT2D eigenvalue weighted by Gasteiger charge is -2.13. The van der Waals surface area contributed by atoms with E-state index >= 15 is 0 Å². The smallest absolute Gasteiger partial charge is 0.319 e. The van der Waals surface area contributed by atoms with Gasteiger partial charge in [-0.1, -0.05) is 30.3 Å². The molecule has 1 unspecified atom stereocenters. The van der Waals surface area contributed by atoms with Crippen LogP contribution >= 0.6 is 23.4 Å². The number of pyridine rings is 1. The average molecular weight is 335 g/mol. The number of aromatic nitrogens is 1. The Hall–Kier alpha value is -1.77. The Labute approximate surface area is 138 Å². The Morgan fingerprint density at radius 2 is 2.23 bits per heavy atom. The Morgan fingerprint density at radius 3 is 2.86 bits per heavy atom. The van der Waals surface area contributed by atoms with Crippen LogP contribution in [0.25, 0.3) is 10.9 Å². The molecule has 0 fully saturated rings. The van der Waals surface area contributed by atoms with Gasteiger partial charge in [-0.05, 0) is 37.6 Å². The van der Waals surface area contributed by atoms with Crippen molar-refractivity contribution < 1.29 is 9.53 Å². The van der Waals surface area contributed by atoms with E-state index in [9.17, 15) is 10.1 Å². The molecule has 0 aliphatic rings. The molecule has 1 aromatic carbocycles. The average Bonchev–Trinajstić information content (AvgIpc) is 2.52. The van der Waals surface area contributed by atoms with E-state index in [4.69, 9.17) is 16.3 Å². The normalized spacial score (nSPS) is 11.9. The third-order valence-electron chi connectivity index (χ3n) is 3.05. The third-order valence-corrected chi connectivity index (χ3v) is 4.55. The van der Waals surface area contributed by atoms with Gasteiger partial charge in [0.1, 0.15) is 5.25 Å². The van der Waals surface area contributed by atoms with Crippen molar-refractivity contribution in [1.29, 1.82) is 5.26 Å². The predicted molar refractivity (Wildman–Crippen MR) is 88.0 cm³/mol. The minimum Gasteiger partial charge on any atom is -0.465 e. The molecule has 22 heavy (non-hydrogen) atoms. The van der Waals surface area contributed by atoms with Crippen LogP contribution in [0.15, 0.2) is 29.3 Å². The number of hydrogen-bond acceptors (Lipinski definition) is 5. The summed E-state index contributed by atoms with van der Waals surface area (Å²) in [6, 6.07) is 9.07. The van der Waals surface area contributed by atoms with E-state index in [1.54, 1.807) is 31.2 Å². The minimum atomic E-state index is -0.330. The number of carbonyl (C=O) groups excluding carboxylic acids is 1. The van der Waals surface area contributed by atoms with Crippen LogP contribution in [0.5, 0.6) is 0 Å². The van der Waals surface area contributed by atoms with E-state index in [1.165, 1.54) is 11.8 Å². The van der Waals surface area contributed by atoms with Gasteiger partial charge in [0, 0.05) is 10.4 Å². The summed E-state index contributed by atoms with van der Waals surface area (Å²) < 4.78 is 5.06. The van der Waals surface area contributed by atoms with Crippen LogP contribution in [-0.2, 0) is 9.53 Å². The molecule has 1 atom stereocenters. The van der Waals surface area contributed by atoms with Gasteiger partial charge in [0.25, 0.3) is 0 Å². The summed E-state index contributed by atoms with van der Waals surface area (Å²) in [7, 11) is 0. The minimum absolute atomic E-state index is 0.258. The SMILES string of the molecule is CCOC(=O)C(CC)Sc1cc(C#N)c2cc(Cl)ccc2n1. The first-order valence-corrected chi connectivity index (χ1v) is 8.18. The van der Waals surface area contributed by atoms with E-state index in [1.807, 2.05) is 6.92 Å². The lowest BCUT2D eigenvalue weighted by molar-refractivity contribution is -0.142. The molecule has 2 aromatic rings. The molecule has 2 rings (SSSR count). The molecule has 1 aromatic heterocycles. The zero-order chi connectivity index (χ0) is 16.1. The molecule has 0 aliphatic carbocycles. The number of fused-ring (bicyclic) bond motifs is 1. The van der Waals surface area contributed by atoms with Gasteiger partial charge in [0.05, 0.1) is 28.8 Å². The highest BCUT2D eigenvalue weighted by molar-refractivity contribution is 8.00. The predicted octanol–water partition coefficient (Wildman–Crippen LogP) is 4.19. The van der Waals surface area contributed by atoms with Gasteiger partial charge < -0.3 is 4.74 Å². The van der Waals surface area contributed by atoms with Gasteiger partial charge in [-0.2, -0.15) is 5.26 Å². The monoisotopic (exact) mass is 334 g/mol. The molecule has 4 nitrogen and oxygen atoms in total. The summed E-state index contributed by atoms with van der Waals surface area (Å²) in [5.41, 5.74) is 1.18. The van der Waals surface area contributed by atoms with Crippen molar-refractivity contribution >= 4 is 40.2 Å². The first kappa shape index (κ1) is 16.6. The largest absolute Gasteiger partial charge is 0.465 e. The van der Waals surface area contributed by atoms with Gasteiger partial charge in [-0.3, -0.25) is 4.79 Å². The van der Waals surface area contributed by atoms with E-state index in [2.05, 4.69) is 11.1 Å². The highest BCUT2D eigenvalue weighted by Gasteiger charge is 2.20. The number of esters is 1. The maximum Gasteiger partial charge on any atom is 0.319 e. The number of nitriles is 1. The van der Waals surface area contributed by atoms with Gasteiger partial charge in [-0.15, -0.1) is 0 Å². The molecule has 0 saturated heterocycles. The van der Waals surface area contributed by atoms with Crippen molar-refractivity contribution in [2.75, 3.05) is 6.61 Å². The zero-order valence-electron chi connectivity index (χ0n) is 12.3. The van der Waals surface area contributed by atoms with Gasteiger partial charge in [0.15, 0.2) is 0 Å². The van der Waals surface area contributed by atoms with Crippen molar-refractivity contribution in [3.8, 4) is 6.07 Å². The van der Waals surface area contributed by atoms with Crippen LogP contribution in [0, 0.1) is 11.3 Å². The second-order valence-corrected chi connectivity index (χ2v) is 6.21. The van der Waals surface area contributed by atoms with Crippen molar-refractivity contribution in [2.45, 2.75) is 30.5 Å². The van der Waals surface area contributed by atoms with E-state index in [-0.39, 0.29) is 11.2 Å². The van der Waals surface area contributed by atoms with Crippen LogP contribution in [0.1, 0.15) is 25.8 Å². The zero-order valence-corrected chi connectivity index (χ0v) is 13.9. The summed E-state index contributed by atoms with van der Waals surface area (Å²) in [5, 5.41) is 10.9. The molecular weight excluding hydrogens is 320 g/mol. The fourth-order valence-electron chi connectivity index (χ4n) is 2.01. The topological polar surface area (TPSA) is 63.0 Å². The first-order chi connectivity index (χ1) is 10.6. The Balaban J connectivity index is 2.38. The molecule has 0 bridgehead atoms. The number of hydrogen-bond donors (Lipinski definition) is 0. The van der Waals surface area contributed by atoms with Crippen molar-refractivity contribution in [1.82, 2.24) is 4.98 Å².